The zero-order valence-electron chi connectivity index (χ0n) is 16.2. The lowest BCUT2D eigenvalue weighted by molar-refractivity contribution is 0.307. The van der Waals surface area contributed by atoms with Gasteiger partial charge in [0.15, 0.2) is 0 Å². The molecule has 0 bridgehead atoms. The Balaban J connectivity index is 1.35. The molecule has 4 aromatic carbocycles. The summed E-state index contributed by atoms with van der Waals surface area (Å²) in [5.41, 5.74) is 4.95. The molecule has 2 nitrogen and oxygen atoms in total. The summed E-state index contributed by atoms with van der Waals surface area (Å²) in [6, 6.07) is 31.7. The first-order valence-electron chi connectivity index (χ1n) is 9.83. The van der Waals surface area contributed by atoms with Crippen LogP contribution in [0.2, 0.25) is 0 Å². The monoisotopic (exact) mass is 367 g/mol. The Morgan fingerprint density at radius 1 is 0.714 bits per heavy atom. The second kappa shape index (κ2) is 8.62. The van der Waals surface area contributed by atoms with Crippen LogP contribution >= 0.6 is 0 Å². The molecule has 1 N–H and O–H groups in total. The lowest BCUT2D eigenvalue weighted by Gasteiger charge is -2.11. The highest BCUT2D eigenvalue weighted by Gasteiger charge is 2.02. The van der Waals surface area contributed by atoms with Crippen molar-refractivity contribution in [3.8, 4) is 5.75 Å². The van der Waals surface area contributed by atoms with Gasteiger partial charge >= 0.3 is 0 Å². The lowest BCUT2D eigenvalue weighted by Crippen LogP contribution is -2.00. The lowest BCUT2D eigenvalue weighted by atomic mass is 10.1. The van der Waals surface area contributed by atoms with Gasteiger partial charge in [-0.1, -0.05) is 73.7 Å². The van der Waals surface area contributed by atoms with E-state index in [0.717, 1.165) is 24.4 Å². The van der Waals surface area contributed by atoms with E-state index >= 15 is 0 Å². The molecule has 0 atom stereocenters. The molecule has 28 heavy (non-hydrogen) atoms. The smallest absolute Gasteiger partial charge is 0.119 e. The molecule has 140 valence electrons. The first-order valence-corrected chi connectivity index (χ1v) is 9.83. The number of hydrogen-bond acceptors (Lipinski definition) is 2. The molecule has 0 heterocycles. The molecule has 0 amide bonds. The van der Waals surface area contributed by atoms with Crippen molar-refractivity contribution < 1.29 is 4.74 Å². The van der Waals surface area contributed by atoms with Crippen molar-refractivity contribution in [2.75, 3.05) is 5.32 Å². The molecule has 0 radical (unpaired) electrons. The minimum Gasteiger partial charge on any atom is -0.489 e. The summed E-state index contributed by atoms with van der Waals surface area (Å²) >= 11 is 0. The summed E-state index contributed by atoms with van der Waals surface area (Å²) < 4.78 is 6.02. The molecule has 4 rings (SSSR count). The zero-order chi connectivity index (χ0) is 19.2. The fourth-order valence-electron chi connectivity index (χ4n) is 3.35. The van der Waals surface area contributed by atoms with E-state index in [1.165, 1.54) is 27.5 Å². The van der Waals surface area contributed by atoms with Gasteiger partial charge in [0, 0.05) is 12.2 Å². The summed E-state index contributed by atoms with van der Waals surface area (Å²) in [4.78, 5) is 0. The van der Waals surface area contributed by atoms with E-state index in [2.05, 4.69) is 91.1 Å². The summed E-state index contributed by atoms with van der Waals surface area (Å²) in [5, 5.41) is 5.97. The van der Waals surface area contributed by atoms with Crippen molar-refractivity contribution in [2.45, 2.75) is 26.5 Å². The number of aryl methyl sites for hydroxylation is 1. The topological polar surface area (TPSA) is 21.3 Å². The van der Waals surface area contributed by atoms with Crippen molar-refractivity contribution in [2.24, 2.45) is 0 Å². The van der Waals surface area contributed by atoms with Gasteiger partial charge in [0.25, 0.3) is 0 Å². The molecule has 0 fully saturated rings. The SMILES string of the molecule is CCc1ccc(NCc2ccc(OCc3cccc4ccccc34)cc2)cc1. The summed E-state index contributed by atoms with van der Waals surface area (Å²) in [5.74, 6) is 0.893. The molecular formula is C26H25NO. The Hall–Kier alpha value is -3.26. The number of hydrogen-bond donors (Lipinski definition) is 1. The quantitative estimate of drug-likeness (QED) is 0.398. The van der Waals surface area contributed by atoms with Crippen LogP contribution in [0.15, 0.2) is 91.0 Å². The normalized spacial score (nSPS) is 10.8. The Bertz CT molecular complexity index is 1030. The molecule has 0 aliphatic heterocycles. The number of ether oxygens (including phenoxy) is 1. The highest BCUT2D eigenvalue weighted by molar-refractivity contribution is 5.85. The third kappa shape index (κ3) is 4.34. The maximum Gasteiger partial charge on any atom is 0.119 e. The number of benzene rings is 4. The van der Waals surface area contributed by atoms with E-state index in [0.29, 0.717) is 6.61 Å². The predicted octanol–water partition coefficient (Wildman–Crippen LogP) is 6.59. The van der Waals surface area contributed by atoms with Crippen LogP contribution in [0.5, 0.6) is 5.75 Å². The fraction of sp³-hybridized carbons (Fsp3) is 0.154. The van der Waals surface area contributed by atoms with Crippen LogP contribution in [-0.4, -0.2) is 0 Å². The third-order valence-electron chi connectivity index (χ3n) is 5.06. The maximum atomic E-state index is 6.02. The Labute approximate surface area is 166 Å². The minimum atomic E-state index is 0.572. The van der Waals surface area contributed by atoms with Gasteiger partial charge in [0.1, 0.15) is 12.4 Å². The molecule has 0 spiro atoms. The Morgan fingerprint density at radius 3 is 2.21 bits per heavy atom. The molecule has 2 heteroatoms. The van der Waals surface area contributed by atoms with Gasteiger partial charge in [-0.05, 0) is 58.1 Å². The van der Waals surface area contributed by atoms with Gasteiger partial charge in [-0.2, -0.15) is 0 Å². The van der Waals surface area contributed by atoms with E-state index in [9.17, 15) is 0 Å². The van der Waals surface area contributed by atoms with Crippen molar-refractivity contribution in [3.05, 3.63) is 108 Å². The molecule has 0 unspecified atom stereocenters. The van der Waals surface area contributed by atoms with Crippen LogP contribution in [0.4, 0.5) is 5.69 Å². The number of anilines is 1. The zero-order valence-corrected chi connectivity index (χ0v) is 16.2. The molecule has 0 aromatic heterocycles. The number of rotatable bonds is 7. The summed E-state index contributed by atoms with van der Waals surface area (Å²) in [7, 11) is 0. The van der Waals surface area contributed by atoms with Crippen LogP contribution in [0, 0.1) is 0 Å². The van der Waals surface area contributed by atoms with Crippen LogP contribution in [-0.2, 0) is 19.6 Å². The van der Waals surface area contributed by atoms with Crippen molar-refractivity contribution in [1.82, 2.24) is 0 Å². The van der Waals surface area contributed by atoms with Crippen molar-refractivity contribution >= 4 is 16.5 Å². The number of nitrogens with one attached hydrogen (secondary N) is 1. The van der Waals surface area contributed by atoms with Crippen LogP contribution in [0.1, 0.15) is 23.6 Å². The van der Waals surface area contributed by atoms with Crippen LogP contribution < -0.4 is 10.1 Å². The maximum absolute atomic E-state index is 6.02. The fourth-order valence-corrected chi connectivity index (χ4v) is 3.35. The first-order chi connectivity index (χ1) is 13.8. The van der Waals surface area contributed by atoms with Gasteiger partial charge in [-0.25, -0.2) is 0 Å². The highest BCUT2D eigenvalue weighted by Crippen LogP contribution is 2.21. The molecule has 0 aliphatic rings. The first kappa shape index (κ1) is 18.1. The molecule has 4 aromatic rings. The van der Waals surface area contributed by atoms with Gasteiger partial charge in [-0.15, -0.1) is 0 Å². The van der Waals surface area contributed by atoms with Gasteiger partial charge in [0.05, 0.1) is 0 Å². The average molecular weight is 367 g/mol. The summed E-state index contributed by atoms with van der Waals surface area (Å²) in [6.07, 6.45) is 1.07. The second-order valence-corrected chi connectivity index (χ2v) is 6.97. The van der Waals surface area contributed by atoms with Crippen LogP contribution in [0.25, 0.3) is 10.8 Å². The Kier molecular flexibility index (Phi) is 5.58. The van der Waals surface area contributed by atoms with Crippen molar-refractivity contribution in [3.63, 3.8) is 0 Å². The van der Waals surface area contributed by atoms with Crippen molar-refractivity contribution in [1.29, 1.82) is 0 Å². The molecule has 0 saturated carbocycles. The van der Waals surface area contributed by atoms with Gasteiger partial charge < -0.3 is 10.1 Å². The van der Waals surface area contributed by atoms with Gasteiger partial charge in [0.2, 0.25) is 0 Å². The second-order valence-electron chi connectivity index (χ2n) is 6.97. The van der Waals surface area contributed by atoms with E-state index in [-0.39, 0.29) is 0 Å². The van der Waals surface area contributed by atoms with E-state index in [1.54, 1.807) is 0 Å². The molecular weight excluding hydrogens is 342 g/mol. The Morgan fingerprint density at radius 2 is 1.43 bits per heavy atom. The van der Waals surface area contributed by atoms with Crippen LogP contribution in [0.3, 0.4) is 0 Å². The summed E-state index contributed by atoms with van der Waals surface area (Å²) in [6.45, 7) is 3.55. The van der Waals surface area contributed by atoms with E-state index < -0.39 is 0 Å². The number of fused-ring (bicyclic) bond motifs is 1. The standard InChI is InChI=1S/C26H25NO/c1-2-20-10-14-24(15-11-20)27-18-21-12-16-25(17-13-21)28-19-23-8-5-7-22-6-3-4-9-26(22)23/h3-17,27H,2,18-19H2,1H3. The van der Waals surface area contributed by atoms with Gasteiger partial charge in [-0.3, -0.25) is 0 Å². The van der Waals surface area contributed by atoms with E-state index in [4.69, 9.17) is 4.74 Å². The third-order valence-corrected chi connectivity index (χ3v) is 5.06. The van der Waals surface area contributed by atoms with E-state index in [1.807, 2.05) is 12.1 Å². The molecule has 0 saturated heterocycles. The predicted molar refractivity (Wildman–Crippen MR) is 118 cm³/mol. The minimum absolute atomic E-state index is 0.572. The largest absolute Gasteiger partial charge is 0.489 e. The highest BCUT2D eigenvalue weighted by atomic mass is 16.5. The molecule has 0 aliphatic carbocycles. The average Bonchev–Trinajstić information content (AvgIpc) is 2.77.